The molecule has 0 atom stereocenters. The standard InChI is InChI=1S/C30H29N3O8/c1-3-5-16-40-24-13-11-22(12-14-24)32-29(35)25(28(34)31-30(32)36)17-21-8-15-26(27(18-21)39-4-2)41-19-20-6-9-23(10-7-20)33(37)38/h6-15,17-18H,3-5,16,19H2,1-2H3,(H,31,34,36)/b25-17-. The molecule has 0 bridgehead atoms. The van der Waals surface area contributed by atoms with Crippen LogP contribution in [0.15, 0.2) is 72.3 Å². The van der Waals surface area contributed by atoms with Crippen molar-refractivity contribution in [2.75, 3.05) is 18.1 Å². The monoisotopic (exact) mass is 559 g/mol. The maximum absolute atomic E-state index is 13.3. The zero-order valence-electron chi connectivity index (χ0n) is 22.6. The quantitative estimate of drug-likeness (QED) is 0.102. The molecular formula is C30H29N3O8. The average molecular weight is 560 g/mol. The van der Waals surface area contributed by atoms with Gasteiger partial charge < -0.3 is 14.2 Å². The number of nitrogens with zero attached hydrogens (tertiary/aromatic N) is 2. The molecule has 0 spiro atoms. The lowest BCUT2D eigenvalue weighted by molar-refractivity contribution is -0.384. The Kier molecular flexibility index (Phi) is 9.31. The SMILES string of the molecule is CCCCOc1ccc(N2C(=O)NC(=O)/C(=C/c3ccc(OCc4ccc([N+](=O)[O-])cc4)c(OCC)c3)C2=O)cc1. The first-order chi connectivity index (χ1) is 19.8. The predicted octanol–water partition coefficient (Wildman–Crippen LogP) is 5.42. The number of amides is 4. The van der Waals surface area contributed by atoms with Gasteiger partial charge in [-0.1, -0.05) is 19.4 Å². The molecule has 1 fully saturated rings. The van der Waals surface area contributed by atoms with Gasteiger partial charge in [-0.25, -0.2) is 9.69 Å². The zero-order chi connectivity index (χ0) is 29.4. The van der Waals surface area contributed by atoms with Crippen molar-refractivity contribution >= 4 is 35.3 Å². The Morgan fingerprint density at radius 3 is 2.29 bits per heavy atom. The van der Waals surface area contributed by atoms with E-state index in [1.807, 2.05) is 0 Å². The largest absolute Gasteiger partial charge is 0.494 e. The van der Waals surface area contributed by atoms with Crippen molar-refractivity contribution in [2.24, 2.45) is 0 Å². The van der Waals surface area contributed by atoms with Gasteiger partial charge in [0.1, 0.15) is 17.9 Å². The number of nitro groups is 1. The lowest BCUT2D eigenvalue weighted by atomic mass is 10.1. The Morgan fingerprint density at radius 2 is 1.63 bits per heavy atom. The molecule has 212 valence electrons. The first kappa shape index (κ1) is 28.8. The van der Waals surface area contributed by atoms with E-state index in [4.69, 9.17) is 14.2 Å². The smallest absolute Gasteiger partial charge is 0.335 e. The van der Waals surface area contributed by atoms with Crippen molar-refractivity contribution in [2.45, 2.75) is 33.3 Å². The third kappa shape index (κ3) is 7.07. The number of nitrogens with one attached hydrogen (secondary N) is 1. The van der Waals surface area contributed by atoms with Crippen molar-refractivity contribution in [3.05, 3.63) is 93.5 Å². The van der Waals surface area contributed by atoms with Crippen molar-refractivity contribution < 1.29 is 33.5 Å². The van der Waals surface area contributed by atoms with Gasteiger partial charge in [0.2, 0.25) is 0 Å². The fourth-order valence-corrected chi connectivity index (χ4v) is 3.96. The highest BCUT2D eigenvalue weighted by Gasteiger charge is 2.36. The van der Waals surface area contributed by atoms with E-state index in [9.17, 15) is 24.5 Å². The Hall–Kier alpha value is -5.19. The molecule has 3 aromatic rings. The maximum atomic E-state index is 13.3. The number of carbonyl (C=O) groups is 3. The van der Waals surface area contributed by atoms with E-state index in [2.05, 4.69) is 12.2 Å². The normalized spacial score (nSPS) is 14.1. The van der Waals surface area contributed by atoms with Crippen LogP contribution in [-0.2, 0) is 16.2 Å². The Balaban J connectivity index is 1.53. The molecule has 0 aromatic heterocycles. The highest BCUT2D eigenvalue weighted by atomic mass is 16.6. The number of hydrogen-bond donors (Lipinski definition) is 1. The fourth-order valence-electron chi connectivity index (χ4n) is 3.96. The maximum Gasteiger partial charge on any atom is 0.335 e. The van der Waals surface area contributed by atoms with Gasteiger partial charge in [-0.2, -0.15) is 0 Å². The number of ether oxygens (including phenoxy) is 3. The summed E-state index contributed by atoms with van der Waals surface area (Å²) in [4.78, 5) is 49.8. The van der Waals surface area contributed by atoms with Crippen molar-refractivity contribution in [3.8, 4) is 17.2 Å². The van der Waals surface area contributed by atoms with E-state index >= 15 is 0 Å². The first-order valence-electron chi connectivity index (χ1n) is 13.1. The van der Waals surface area contributed by atoms with Gasteiger partial charge in [0.25, 0.3) is 17.5 Å². The molecule has 1 heterocycles. The molecule has 0 aliphatic carbocycles. The molecule has 0 radical (unpaired) electrons. The topological polar surface area (TPSA) is 137 Å². The van der Waals surface area contributed by atoms with E-state index in [1.165, 1.54) is 18.2 Å². The summed E-state index contributed by atoms with van der Waals surface area (Å²) in [5.41, 5.74) is 1.24. The van der Waals surface area contributed by atoms with Gasteiger partial charge in [0.05, 0.1) is 23.8 Å². The zero-order valence-corrected chi connectivity index (χ0v) is 22.6. The van der Waals surface area contributed by atoms with Gasteiger partial charge >= 0.3 is 6.03 Å². The number of urea groups is 1. The van der Waals surface area contributed by atoms with Crippen molar-refractivity contribution in [3.63, 3.8) is 0 Å². The Labute approximate surface area is 236 Å². The van der Waals surface area contributed by atoms with Crippen LogP contribution in [0, 0.1) is 10.1 Å². The van der Waals surface area contributed by atoms with Gasteiger partial charge in [0, 0.05) is 12.1 Å². The summed E-state index contributed by atoms with van der Waals surface area (Å²) in [5, 5.41) is 13.1. The third-order valence-electron chi connectivity index (χ3n) is 6.08. The van der Waals surface area contributed by atoms with E-state index in [-0.39, 0.29) is 17.9 Å². The van der Waals surface area contributed by atoms with E-state index in [0.29, 0.717) is 41.7 Å². The van der Waals surface area contributed by atoms with Crippen LogP contribution in [0.2, 0.25) is 0 Å². The molecular weight excluding hydrogens is 530 g/mol. The van der Waals surface area contributed by atoms with Gasteiger partial charge in [0.15, 0.2) is 11.5 Å². The summed E-state index contributed by atoms with van der Waals surface area (Å²) in [6, 6.07) is 16.5. The lowest BCUT2D eigenvalue weighted by Crippen LogP contribution is -2.54. The number of rotatable bonds is 12. The molecule has 4 rings (SSSR count). The van der Waals surface area contributed by atoms with E-state index in [0.717, 1.165) is 23.3 Å². The summed E-state index contributed by atoms with van der Waals surface area (Å²) in [5.74, 6) is -0.191. The van der Waals surface area contributed by atoms with Crippen molar-refractivity contribution in [1.29, 1.82) is 0 Å². The second-order valence-electron chi connectivity index (χ2n) is 9.01. The second kappa shape index (κ2) is 13.2. The number of unbranched alkanes of at least 4 members (excludes halogenated alkanes) is 1. The molecule has 0 saturated carbocycles. The van der Waals surface area contributed by atoms with E-state index < -0.39 is 22.8 Å². The van der Waals surface area contributed by atoms with Crippen LogP contribution in [0.1, 0.15) is 37.8 Å². The summed E-state index contributed by atoms with van der Waals surface area (Å²) in [6.45, 7) is 4.88. The summed E-state index contributed by atoms with van der Waals surface area (Å²) >= 11 is 0. The number of hydrogen-bond acceptors (Lipinski definition) is 8. The molecule has 11 nitrogen and oxygen atoms in total. The molecule has 3 aromatic carbocycles. The molecule has 1 aliphatic heterocycles. The Morgan fingerprint density at radius 1 is 0.902 bits per heavy atom. The van der Waals surface area contributed by atoms with Crippen LogP contribution in [0.4, 0.5) is 16.2 Å². The minimum Gasteiger partial charge on any atom is -0.494 e. The minimum atomic E-state index is -0.846. The molecule has 41 heavy (non-hydrogen) atoms. The fraction of sp³-hybridized carbons (Fsp3) is 0.233. The first-order valence-corrected chi connectivity index (χ1v) is 13.1. The number of barbiturate groups is 1. The van der Waals surface area contributed by atoms with Gasteiger partial charge in [-0.3, -0.25) is 25.0 Å². The van der Waals surface area contributed by atoms with Gasteiger partial charge in [-0.05, 0) is 79.1 Å². The second-order valence-corrected chi connectivity index (χ2v) is 9.01. The molecule has 1 saturated heterocycles. The summed E-state index contributed by atoms with van der Waals surface area (Å²) in [7, 11) is 0. The molecule has 1 N–H and O–H groups in total. The van der Waals surface area contributed by atoms with Gasteiger partial charge in [-0.15, -0.1) is 0 Å². The third-order valence-corrected chi connectivity index (χ3v) is 6.08. The van der Waals surface area contributed by atoms with Crippen molar-refractivity contribution in [1.82, 2.24) is 5.32 Å². The van der Waals surface area contributed by atoms with Crippen LogP contribution < -0.4 is 24.4 Å². The Bertz CT molecular complexity index is 1470. The molecule has 11 heteroatoms. The molecule has 4 amide bonds. The lowest BCUT2D eigenvalue weighted by Gasteiger charge is -2.26. The molecule has 0 unspecified atom stereocenters. The number of non-ortho nitro benzene ring substituents is 1. The predicted molar refractivity (Wildman–Crippen MR) is 151 cm³/mol. The van der Waals surface area contributed by atoms with Crippen LogP contribution in [-0.4, -0.2) is 36.0 Å². The summed E-state index contributed by atoms with van der Waals surface area (Å²) in [6.07, 6.45) is 3.28. The number of anilines is 1. The molecule has 1 aliphatic rings. The number of nitro benzene ring substituents is 1. The van der Waals surface area contributed by atoms with Crippen LogP contribution in [0.5, 0.6) is 17.2 Å². The highest BCUT2D eigenvalue weighted by Crippen LogP contribution is 2.31. The van der Waals surface area contributed by atoms with Crippen LogP contribution in [0.3, 0.4) is 0 Å². The van der Waals surface area contributed by atoms with Crippen LogP contribution >= 0.6 is 0 Å². The average Bonchev–Trinajstić information content (AvgIpc) is 2.96. The minimum absolute atomic E-state index is 0.0175. The van der Waals surface area contributed by atoms with Crippen LogP contribution in [0.25, 0.3) is 6.08 Å². The number of carbonyl (C=O) groups excluding carboxylic acids is 3. The van der Waals surface area contributed by atoms with E-state index in [1.54, 1.807) is 61.5 Å². The highest BCUT2D eigenvalue weighted by molar-refractivity contribution is 6.39. The number of benzene rings is 3. The number of imide groups is 2. The summed E-state index contributed by atoms with van der Waals surface area (Å²) < 4.78 is 17.2.